The van der Waals surface area contributed by atoms with E-state index < -0.39 is 22.0 Å². The Kier molecular flexibility index (Phi) is 7.82. The Morgan fingerprint density at radius 2 is 1.81 bits per heavy atom. The van der Waals surface area contributed by atoms with Gasteiger partial charge in [0, 0.05) is 10.0 Å². The van der Waals surface area contributed by atoms with Crippen molar-refractivity contribution in [2.75, 3.05) is 31.1 Å². The third kappa shape index (κ3) is 5.64. The molecule has 36 heavy (non-hydrogen) atoms. The van der Waals surface area contributed by atoms with E-state index in [0.29, 0.717) is 21.5 Å². The maximum Gasteiger partial charge on any atom is 0.264 e. The fourth-order valence-electron chi connectivity index (χ4n) is 3.58. The molecule has 3 aromatic carbocycles. The van der Waals surface area contributed by atoms with Crippen LogP contribution >= 0.6 is 23.2 Å². The third-order valence-electron chi connectivity index (χ3n) is 5.54. The van der Waals surface area contributed by atoms with Gasteiger partial charge in [-0.2, -0.15) is 0 Å². The van der Waals surface area contributed by atoms with Crippen LogP contribution < -0.4 is 23.8 Å². The van der Waals surface area contributed by atoms with Crippen molar-refractivity contribution in [1.82, 2.24) is 5.32 Å². The van der Waals surface area contributed by atoms with E-state index in [2.05, 4.69) is 5.32 Å². The summed E-state index contributed by atoms with van der Waals surface area (Å²) < 4.78 is 44.8. The van der Waals surface area contributed by atoms with Crippen molar-refractivity contribution in [3.63, 3.8) is 0 Å². The highest BCUT2D eigenvalue weighted by atomic mass is 35.5. The van der Waals surface area contributed by atoms with Gasteiger partial charge in [0.1, 0.15) is 23.9 Å². The number of halogens is 2. The number of carbonyl (C=O) groups excluding carboxylic acids is 1. The molecule has 0 aromatic heterocycles. The minimum absolute atomic E-state index is 0.0421. The standard InChI is InChI=1S/C25H24Cl2N2O6S/c1-16-3-5-19(14-21(16)27)34-12-11-28-25(30)24-15-29(22-13-17(26)4-10-23(22)35-24)36(31,32)20-8-6-18(33-2)7-9-20/h3-10,13-14,24H,11-12,15H2,1-2H3,(H,28,30). The Hall–Kier alpha value is -3.14. The molecule has 1 amide bonds. The molecule has 3 aromatic rings. The van der Waals surface area contributed by atoms with E-state index in [1.807, 2.05) is 13.0 Å². The molecule has 0 bridgehead atoms. The number of nitrogens with one attached hydrogen (secondary N) is 1. The number of amides is 1. The van der Waals surface area contributed by atoms with E-state index in [4.69, 9.17) is 37.4 Å². The topological polar surface area (TPSA) is 94.2 Å². The van der Waals surface area contributed by atoms with E-state index in [1.54, 1.807) is 30.3 Å². The number of sulfonamides is 1. The van der Waals surface area contributed by atoms with Crippen molar-refractivity contribution in [3.8, 4) is 17.2 Å². The Bertz CT molecular complexity index is 1370. The third-order valence-corrected chi connectivity index (χ3v) is 7.98. The maximum atomic E-state index is 13.5. The van der Waals surface area contributed by atoms with Gasteiger partial charge in [-0.05, 0) is 67.1 Å². The Balaban J connectivity index is 1.48. The molecule has 0 aliphatic carbocycles. The van der Waals surface area contributed by atoms with Crippen LogP contribution in [0.4, 0.5) is 5.69 Å². The molecule has 0 fully saturated rings. The monoisotopic (exact) mass is 550 g/mol. The zero-order chi connectivity index (χ0) is 25.9. The van der Waals surface area contributed by atoms with Gasteiger partial charge < -0.3 is 19.5 Å². The molecule has 1 atom stereocenters. The Morgan fingerprint density at radius 3 is 2.50 bits per heavy atom. The van der Waals surface area contributed by atoms with Crippen LogP contribution in [0.15, 0.2) is 65.6 Å². The lowest BCUT2D eigenvalue weighted by Crippen LogP contribution is -2.51. The van der Waals surface area contributed by atoms with Crippen LogP contribution in [0.5, 0.6) is 17.2 Å². The maximum absolute atomic E-state index is 13.5. The van der Waals surface area contributed by atoms with Gasteiger partial charge in [0.2, 0.25) is 0 Å². The smallest absolute Gasteiger partial charge is 0.264 e. The first kappa shape index (κ1) is 25.9. The number of anilines is 1. The fourth-order valence-corrected chi connectivity index (χ4v) is 5.39. The minimum atomic E-state index is -4.03. The lowest BCUT2D eigenvalue weighted by atomic mass is 10.2. The second-order valence-corrected chi connectivity index (χ2v) is 10.7. The van der Waals surface area contributed by atoms with Gasteiger partial charge in [0.25, 0.3) is 15.9 Å². The molecule has 0 radical (unpaired) electrons. The van der Waals surface area contributed by atoms with Crippen LogP contribution in [0, 0.1) is 6.92 Å². The molecule has 1 heterocycles. The van der Waals surface area contributed by atoms with Crippen molar-refractivity contribution >= 4 is 44.8 Å². The van der Waals surface area contributed by atoms with Crippen molar-refractivity contribution in [3.05, 3.63) is 76.3 Å². The quantitative estimate of drug-likeness (QED) is 0.416. The minimum Gasteiger partial charge on any atom is -0.497 e. The molecule has 8 nitrogen and oxygen atoms in total. The van der Waals surface area contributed by atoms with Crippen LogP contribution in [-0.4, -0.2) is 47.2 Å². The Labute approximate surface area is 219 Å². The SMILES string of the molecule is COc1ccc(S(=O)(=O)N2CC(C(=O)NCCOc3ccc(C)c(Cl)c3)Oc3ccc(Cl)cc32)cc1. The van der Waals surface area contributed by atoms with Gasteiger partial charge in [0.15, 0.2) is 6.10 Å². The average Bonchev–Trinajstić information content (AvgIpc) is 2.87. The molecule has 1 N–H and O–H groups in total. The number of hydrogen-bond acceptors (Lipinski definition) is 6. The van der Waals surface area contributed by atoms with Gasteiger partial charge in [-0.1, -0.05) is 29.3 Å². The molecule has 4 rings (SSSR count). The number of carbonyl (C=O) groups is 1. The molecule has 0 saturated carbocycles. The van der Waals surface area contributed by atoms with Gasteiger partial charge in [-0.25, -0.2) is 8.42 Å². The predicted molar refractivity (Wildman–Crippen MR) is 138 cm³/mol. The van der Waals surface area contributed by atoms with Crippen LogP contribution in [0.1, 0.15) is 5.56 Å². The summed E-state index contributed by atoms with van der Waals surface area (Å²) in [4.78, 5) is 12.9. The van der Waals surface area contributed by atoms with E-state index >= 15 is 0 Å². The zero-order valence-electron chi connectivity index (χ0n) is 19.5. The predicted octanol–water partition coefficient (Wildman–Crippen LogP) is 4.46. The number of benzene rings is 3. The molecule has 0 saturated heterocycles. The highest BCUT2D eigenvalue weighted by molar-refractivity contribution is 7.92. The van der Waals surface area contributed by atoms with E-state index in [-0.39, 0.29) is 36.0 Å². The Morgan fingerprint density at radius 1 is 1.08 bits per heavy atom. The number of methoxy groups -OCH3 is 1. The summed E-state index contributed by atoms with van der Waals surface area (Å²) in [6.45, 7) is 2.03. The first-order chi connectivity index (χ1) is 17.2. The number of ether oxygens (including phenoxy) is 3. The van der Waals surface area contributed by atoms with Crippen molar-refractivity contribution in [2.24, 2.45) is 0 Å². The lowest BCUT2D eigenvalue weighted by Gasteiger charge is -2.34. The fraction of sp³-hybridized carbons (Fsp3) is 0.240. The first-order valence-electron chi connectivity index (χ1n) is 11.0. The number of fused-ring (bicyclic) bond motifs is 1. The van der Waals surface area contributed by atoms with Gasteiger partial charge in [0.05, 0.1) is 30.8 Å². The van der Waals surface area contributed by atoms with E-state index in [1.165, 1.54) is 31.4 Å². The summed E-state index contributed by atoms with van der Waals surface area (Å²) in [5.41, 5.74) is 1.18. The van der Waals surface area contributed by atoms with Crippen molar-refractivity contribution in [2.45, 2.75) is 17.9 Å². The molecule has 1 aliphatic heterocycles. The summed E-state index contributed by atoms with van der Waals surface area (Å²) in [7, 11) is -2.54. The van der Waals surface area contributed by atoms with E-state index in [9.17, 15) is 13.2 Å². The second kappa shape index (κ2) is 10.9. The van der Waals surface area contributed by atoms with E-state index in [0.717, 1.165) is 9.87 Å². The van der Waals surface area contributed by atoms with Crippen molar-refractivity contribution < 1.29 is 27.4 Å². The normalized spacial score (nSPS) is 15.0. The van der Waals surface area contributed by atoms with Crippen LogP contribution in [0.25, 0.3) is 0 Å². The molecular formula is C25H24Cl2N2O6S. The number of hydrogen-bond donors (Lipinski definition) is 1. The van der Waals surface area contributed by atoms with Gasteiger partial charge in [-0.3, -0.25) is 9.10 Å². The van der Waals surface area contributed by atoms with Gasteiger partial charge in [-0.15, -0.1) is 0 Å². The zero-order valence-corrected chi connectivity index (χ0v) is 21.9. The van der Waals surface area contributed by atoms with Crippen LogP contribution in [0.2, 0.25) is 10.0 Å². The number of rotatable bonds is 8. The largest absolute Gasteiger partial charge is 0.497 e. The highest BCUT2D eigenvalue weighted by Crippen LogP contribution is 2.39. The molecule has 11 heteroatoms. The lowest BCUT2D eigenvalue weighted by molar-refractivity contribution is -0.127. The summed E-state index contributed by atoms with van der Waals surface area (Å²) in [5.74, 6) is 0.854. The van der Waals surface area contributed by atoms with Gasteiger partial charge >= 0.3 is 0 Å². The number of nitrogens with zero attached hydrogens (tertiary/aromatic N) is 1. The summed E-state index contributed by atoms with van der Waals surface area (Å²) in [6, 6.07) is 15.9. The van der Waals surface area contributed by atoms with Crippen LogP contribution in [-0.2, 0) is 14.8 Å². The molecule has 0 spiro atoms. The number of aryl methyl sites for hydroxylation is 1. The molecular weight excluding hydrogens is 527 g/mol. The molecule has 1 aliphatic rings. The summed E-state index contributed by atoms with van der Waals surface area (Å²) in [6.07, 6.45) is -1.08. The van der Waals surface area contributed by atoms with Crippen molar-refractivity contribution in [1.29, 1.82) is 0 Å². The first-order valence-corrected chi connectivity index (χ1v) is 13.2. The van der Waals surface area contributed by atoms with Crippen LogP contribution in [0.3, 0.4) is 0 Å². The second-order valence-electron chi connectivity index (χ2n) is 7.98. The molecule has 1 unspecified atom stereocenters. The summed E-state index contributed by atoms with van der Waals surface area (Å²) >= 11 is 12.2. The molecule has 190 valence electrons. The highest BCUT2D eigenvalue weighted by Gasteiger charge is 2.37. The summed E-state index contributed by atoms with van der Waals surface area (Å²) in [5, 5.41) is 3.66. The average molecular weight is 551 g/mol.